The van der Waals surface area contributed by atoms with Gasteiger partial charge in [-0.15, -0.1) is 22.7 Å². The molecular weight excluding hydrogens is 388 g/mol. The minimum Gasteiger partial charge on any atom is -0.466 e. The number of allylic oxidation sites excluding steroid dienone is 1. The third-order valence-electron chi connectivity index (χ3n) is 4.06. The number of carbonyl (C=O) groups excluding carboxylic acids is 1. The Balaban J connectivity index is 2.00. The summed E-state index contributed by atoms with van der Waals surface area (Å²) < 4.78 is 7.17. The Morgan fingerprint density at radius 3 is 2.69 bits per heavy atom. The summed E-state index contributed by atoms with van der Waals surface area (Å²) in [5, 5.41) is 3.90. The summed E-state index contributed by atoms with van der Waals surface area (Å²) in [4.78, 5) is 32.6. The van der Waals surface area contributed by atoms with Crippen LogP contribution in [0.25, 0.3) is 6.08 Å². The molecule has 0 aromatic carbocycles. The SMILES string of the molecule is COC(=O)C1=C(C)N=c2sc(=Cc3cccs3)c(=O)n2C1c1cccs1. The van der Waals surface area contributed by atoms with Crippen molar-refractivity contribution in [2.75, 3.05) is 7.11 Å². The highest BCUT2D eigenvalue weighted by atomic mass is 32.1. The number of rotatable bonds is 3. The van der Waals surface area contributed by atoms with E-state index in [2.05, 4.69) is 4.99 Å². The minimum atomic E-state index is -0.510. The number of nitrogens with zero attached hydrogens (tertiary/aromatic N) is 2. The molecule has 0 radical (unpaired) electrons. The number of esters is 1. The van der Waals surface area contributed by atoms with E-state index < -0.39 is 12.0 Å². The summed E-state index contributed by atoms with van der Waals surface area (Å²) in [7, 11) is 1.34. The van der Waals surface area contributed by atoms with Crippen molar-refractivity contribution in [3.8, 4) is 0 Å². The lowest BCUT2D eigenvalue weighted by Gasteiger charge is -2.22. The molecule has 26 heavy (non-hydrogen) atoms. The lowest BCUT2D eigenvalue weighted by Crippen LogP contribution is -2.39. The third kappa shape index (κ3) is 2.80. The van der Waals surface area contributed by atoms with Gasteiger partial charge in [0.25, 0.3) is 5.56 Å². The number of fused-ring (bicyclic) bond motifs is 1. The van der Waals surface area contributed by atoms with Gasteiger partial charge >= 0.3 is 5.97 Å². The van der Waals surface area contributed by atoms with Crippen LogP contribution in [0.2, 0.25) is 0 Å². The maximum absolute atomic E-state index is 13.1. The number of ether oxygens (including phenoxy) is 1. The van der Waals surface area contributed by atoms with Crippen LogP contribution in [0, 0.1) is 0 Å². The van der Waals surface area contributed by atoms with Gasteiger partial charge in [0.1, 0.15) is 6.04 Å². The van der Waals surface area contributed by atoms with Crippen LogP contribution in [0.5, 0.6) is 0 Å². The largest absolute Gasteiger partial charge is 0.466 e. The molecule has 1 aliphatic heterocycles. The van der Waals surface area contributed by atoms with Gasteiger partial charge in [0.15, 0.2) is 4.80 Å². The molecule has 8 heteroatoms. The van der Waals surface area contributed by atoms with E-state index in [9.17, 15) is 9.59 Å². The van der Waals surface area contributed by atoms with Gasteiger partial charge in [0.2, 0.25) is 0 Å². The second-order valence-electron chi connectivity index (χ2n) is 5.60. The zero-order chi connectivity index (χ0) is 18.3. The standard InChI is InChI=1S/C18H14N2O3S3/c1-10-14(17(22)23-2)15(12-6-4-8-25-12)20-16(21)13(26-18(20)19-10)9-11-5-3-7-24-11/h3-9,15H,1-2H3. The van der Waals surface area contributed by atoms with Crippen LogP contribution in [-0.2, 0) is 9.53 Å². The molecule has 0 saturated heterocycles. The van der Waals surface area contributed by atoms with Crippen molar-refractivity contribution in [1.29, 1.82) is 0 Å². The van der Waals surface area contributed by atoms with Crippen molar-refractivity contribution in [1.82, 2.24) is 4.57 Å². The van der Waals surface area contributed by atoms with Gasteiger partial charge < -0.3 is 4.74 Å². The highest BCUT2D eigenvalue weighted by Crippen LogP contribution is 2.32. The third-order valence-corrected chi connectivity index (χ3v) is 6.78. The highest BCUT2D eigenvalue weighted by molar-refractivity contribution is 7.11. The predicted octanol–water partition coefficient (Wildman–Crippen LogP) is 2.53. The summed E-state index contributed by atoms with van der Waals surface area (Å²) in [6, 6.07) is 7.23. The Morgan fingerprint density at radius 2 is 2.04 bits per heavy atom. The zero-order valence-electron chi connectivity index (χ0n) is 14.0. The van der Waals surface area contributed by atoms with Crippen molar-refractivity contribution in [3.63, 3.8) is 0 Å². The number of hydrogen-bond donors (Lipinski definition) is 0. The molecule has 0 aliphatic carbocycles. The summed E-state index contributed by atoms with van der Waals surface area (Å²) in [5.74, 6) is -0.461. The first-order chi connectivity index (χ1) is 12.6. The summed E-state index contributed by atoms with van der Waals surface area (Å²) in [6.45, 7) is 1.78. The van der Waals surface area contributed by atoms with Crippen molar-refractivity contribution in [2.24, 2.45) is 4.99 Å². The van der Waals surface area contributed by atoms with E-state index in [0.717, 1.165) is 9.75 Å². The molecule has 3 aromatic heterocycles. The number of carbonyl (C=O) groups is 1. The van der Waals surface area contributed by atoms with Crippen molar-refractivity contribution >= 4 is 46.1 Å². The van der Waals surface area contributed by atoms with E-state index in [0.29, 0.717) is 20.6 Å². The Hall–Kier alpha value is -2.29. The van der Waals surface area contributed by atoms with Crippen LogP contribution in [0.3, 0.4) is 0 Å². The van der Waals surface area contributed by atoms with E-state index in [1.165, 1.54) is 29.8 Å². The molecule has 0 N–H and O–H groups in total. The molecule has 1 unspecified atom stereocenters. The molecule has 1 aliphatic rings. The van der Waals surface area contributed by atoms with Gasteiger partial charge in [-0.25, -0.2) is 9.79 Å². The Morgan fingerprint density at radius 1 is 1.27 bits per heavy atom. The van der Waals surface area contributed by atoms with Crippen LogP contribution < -0.4 is 14.9 Å². The van der Waals surface area contributed by atoms with Crippen LogP contribution in [0.4, 0.5) is 0 Å². The molecule has 4 rings (SSSR count). The van der Waals surface area contributed by atoms with Crippen LogP contribution in [0.15, 0.2) is 56.1 Å². The number of hydrogen-bond acceptors (Lipinski definition) is 7. The Labute approximate surface area is 160 Å². The van der Waals surface area contributed by atoms with Gasteiger partial charge in [-0.05, 0) is 35.9 Å². The van der Waals surface area contributed by atoms with Gasteiger partial charge in [-0.2, -0.15) is 0 Å². The molecule has 0 fully saturated rings. The van der Waals surface area contributed by atoms with Gasteiger partial charge in [-0.3, -0.25) is 9.36 Å². The maximum Gasteiger partial charge on any atom is 0.338 e. The minimum absolute atomic E-state index is 0.144. The first kappa shape index (κ1) is 17.1. The molecule has 0 amide bonds. The molecule has 132 valence electrons. The Kier molecular flexibility index (Phi) is 4.47. The average molecular weight is 403 g/mol. The van der Waals surface area contributed by atoms with Crippen LogP contribution in [0.1, 0.15) is 22.7 Å². The average Bonchev–Trinajstić information content (AvgIpc) is 3.37. The fraction of sp³-hybridized carbons (Fsp3) is 0.167. The second kappa shape index (κ2) is 6.79. The quantitative estimate of drug-likeness (QED) is 0.633. The molecule has 0 bridgehead atoms. The van der Waals surface area contributed by atoms with Crippen molar-refractivity contribution in [2.45, 2.75) is 13.0 Å². The molecule has 0 spiro atoms. The predicted molar refractivity (Wildman–Crippen MR) is 104 cm³/mol. The van der Waals surface area contributed by atoms with Gasteiger partial charge in [-0.1, -0.05) is 23.5 Å². The van der Waals surface area contributed by atoms with Crippen molar-refractivity contribution < 1.29 is 9.53 Å². The topological polar surface area (TPSA) is 60.7 Å². The van der Waals surface area contributed by atoms with Crippen LogP contribution >= 0.6 is 34.0 Å². The summed E-state index contributed by atoms with van der Waals surface area (Å²) in [5.41, 5.74) is 0.846. The maximum atomic E-state index is 13.1. The van der Waals surface area contributed by atoms with E-state index in [1.807, 2.05) is 41.1 Å². The van der Waals surface area contributed by atoms with E-state index >= 15 is 0 Å². The summed E-state index contributed by atoms with van der Waals surface area (Å²) in [6.07, 6.45) is 1.87. The number of thiophene rings is 2. The molecule has 4 heterocycles. The van der Waals surface area contributed by atoms with E-state index in [4.69, 9.17) is 4.74 Å². The van der Waals surface area contributed by atoms with Gasteiger partial charge in [0, 0.05) is 9.75 Å². The molecular formula is C18H14N2O3S3. The zero-order valence-corrected chi connectivity index (χ0v) is 16.4. The van der Waals surface area contributed by atoms with E-state index in [1.54, 1.807) is 22.8 Å². The fourth-order valence-electron chi connectivity index (χ4n) is 2.91. The van der Waals surface area contributed by atoms with Crippen molar-refractivity contribution in [3.05, 3.63) is 75.7 Å². The van der Waals surface area contributed by atoms with E-state index in [-0.39, 0.29) is 5.56 Å². The second-order valence-corrected chi connectivity index (χ2v) is 8.57. The highest BCUT2D eigenvalue weighted by Gasteiger charge is 2.33. The lowest BCUT2D eigenvalue weighted by atomic mass is 10.0. The molecule has 0 saturated carbocycles. The molecule has 3 aromatic rings. The first-order valence-electron chi connectivity index (χ1n) is 7.78. The Bertz CT molecular complexity index is 1170. The van der Waals surface area contributed by atoms with Crippen LogP contribution in [-0.4, -0.2) is 17.6 Å². The smallest absolute Gasteiger partial charge is 0.338 e. The normalized spacial score (nSPS) is 17.2. The summed E-state index contributed by atoms with van der Waals surface area (Å²) >= 11 is 4.41. The number of aromatic nitrogens is 1. The molecule has 5 nitrogen and oxygen atoms in total. The monoisotopic (exact) mass is 402 g/mol. The first-order valence-corrected chi connectivity index (χ1v) is 10.4. The molecule has 1 atom stereocenters. The fourth-order valence-corrected chi connectivity index (χ4v) is 5.50. The van der Waals surface area contributed by atoms with Gasteiger partial charge in [0.05, 0.1) is 22.9 Å². The lowest BCUT2D eigenvalue weighted by molar-refractivity contribution is -0.136. The number of methoxy groups -OCH3 is 1. The number of thiazole rings is 1.